The van der Waals surface area contributed by atoms with Crippen LogP contribution in [0.15, 0.2) is 53.8 Å². The number of nitrogens with one attached hydrogen (secondary N) is 2. The first-order chi connectivity index (χ1) is 13.2. The van der Waals surface area contributed by atoms with E-state index in [-0.39, 0.29) is 5.82 Å². The van der Waals surface area contributed by atoms with Gasteiger partial charge in [0.1, 0.15) is 5.82 Å². The summed E-state index contributed by atoms with van der Waals surface area (Å²) < 4.78 is 16.6. The van der Waals surface area contributed by atoms with Gasteiger partial charge in [0.2, 0.25) is 0 Å². The Morgan fingerprint density at radius 2 is 1.96 bits per heavy atom. The Bertz CT molecular complexity index is 880. The first-order valence-corrected chi connectivity index (χ1v) is 8.95. The van der Waals surface area contributed by atoms with Crippen LogP contribution >= 0.6 is 0 Å². The van der Waals surface area contributed by atoms with Gasteiger partial charge in [0.25, 0.3) is 0 Å². The Hall–Kier alpha value is -3.16. The fourth-order valence-electron chi connectivity index (χ4n) is 2.60. The van der Waals surface area contributed by atoms with Gasteiger partial charge in [0.15, 0.2) is 5.96 Å². The maximum absolute atomic E-state index is 13.0. The molecule has 2 aromatic heterocycles. The van der Waals surface area contributed by atoms with E-state index in [1.54, 1.807) is 23.0 Å². The number of aryl methyl sites for hydroxylation is 1. The molecule has 0 aliphatic rings. The molecule has 0 amide bonds. The highest BCUT2D eigenvalue weighted by Gasteiger charge is 2.04. The van der Waals surface area contributed by atoms with Gasteiger partial charge in [-0.1, -0.05) is 0 Å². The molecule has 2 N–H and O–H groups in total. The first-order valence-electron chi connectivity index (χ1n) is 8.95. The van der Waals surface area contributed by atoms with Crippen molar-refractivity contribution in [1.29, 1.82) is 0 Å². The Morgan fingerprint density at radius 3 is 2.67 bits per heavy atom. The molecule has 3 aromatic rings. The summed E-state index contributed by atoms with van der Waals surface area (Å²) in [6.07, 6.45) is 4.40. The molecule has 0 unspecified atom stereocenters. The van der Waals surface area contributed by atoms with E-state index >= 15 is 0 Å². The highest BCUT2D eigenvalue weighted by Crippen LogP contribution is 2.09. The van der Waals surface area contributed by atoms with Crippen molar-refractivity contribution in [3.8, 4) is 5.69 Å². The molecule has 2 heterocycles. The molecule has 27 heavy (non-hydrogen) atoms. The molecule has 3 rings (SSSR count). The maximum Gasteiger partial charge on any atom is 0.191 e. The van der Waals surface area contributed by atoms with Crippen molar-refractivity contribution in [2.24, 2.45) is 12.0 Å². The molecule has 8 heteroatoms. The van der Waals surface area contributed by atoms with Gasteiger partial charge in [0.05, 0.1) is 23.6 Å². The monoisotopic (exact) mass is 369 g/mol. The summed E-state index contributed by atoms with van der Waals surface area (Å²) in [6.45, 7) is 4.09. The largest absolute Gasteiger partial charge is 0.357 e. The summed E-state index contributed by atoms with van der Waals surface area (Å²) >= 11 is 0. The number of aromatic nitrogens is 4. The average molecular weight is 369 g/mol. The maximum atomic E-state index is 13.0. The van der Waals surface area contributed by atoms with Crippen molar-refractivity contribution in [1.82, 2.24) is 30.2 Å². The van der Waals surface area contributed by atoms with E-state index in [1.165, 1.54) is 12.1 Å². The molecular weight excluding hydrogens is 345 g/mol. The summed E-state index contributed by atoms with van der Waals surface area (Å²) in [6, 6.07) is 10.2. The number of hydrogen-bond donors (Lipinski definition) is 2. The molecule has 0 radical (unpaired) electrons. The van der Waals surface area contributed by atoms with Gasteiger partial charge in [0, 0.05) is 39.0 Å². The highest BCUT2D eigenvalue weighted by molar-refractivity contribution is 5.79. The zero-order valence-electron chi connectivity index (χ0n) is 15.6. The number of nitrogens with zero attached hydrogens (tertiary/aromatic N) is 5. The summed E-state index contributed by atoms with van der Waals surface area (Å²) in [5.74, 6) is 0.508. The first kappa shape index (κ1) is 18.6. The van der Waals surface area contributed by atoms with E-state index in [0.29, 0.717) is 13.1 Å². The van der Waals surface area contributed by atoms with Gasteiger partial charge < -0.3 is 10.6 Å². The van der Waals surface area contributed by atoms with Crippen LogP contribution in [0.4, 0.5) is 4.39 Å². The summed E-state index contributed by atoms with van der Waals surface area (Å²) in [5.41, 5.74) is 2.83. The van der Waals surface area contributed by atoms with E-state index in [0.717, 1.165) is 36.0 Å². The van der Waals surface area contributed by atoms with Crippen molar-refractivity contribution in [2.45, 2.75) is 19.9 Å². The number of hydrogen-bond acceptors (Lipinski definition) is 3. The fraction of sp³-hybridized carbons (Fsp3) is 0.316. The quantitative estimate of drug-likeness (QED) is 0.494. The van der Waals surface area contributed by atoms with Crippen LogP contribution in [0.1, 0.15) is 18.3 Å². The normalized spacial score (nSPS) is 11.6. The molecule has 0 saturated heterocycles. The second kappa shape index (κ2) is 8.98. The average Bonchev–Trinajstić information content (AvgIpc) is 3.29. The lowest BCUT2D eigenvalue weighted by Gasteiger charge is -2.10. The summed E-state index contributed by atoms with van der Waals surface area (Å²) in [5, 5.41) is 15.2. The Kier molecular flexibility index (Phi) is 6.19. The molecule has 0 spiro atoms. The lowest BCUT2D eigenvalue weighted by Crippen LogP contribution is -2.38. The topological polar surface area (TPSA) is 72.1 Å². The van der Waals surface area contributed by atoms with Crippen LogP contribution in [0.3, 0.4) is 0 Å². The highest BCUT2D eigenvalue weighted by atomic mass is 19.1. The molecule has 0 bridgehead atoms. The summed E-state index contributed by atoms with van der Waals surface area (Å²) in [7, 11) is 1.91. The fourth-order valence-corrected chi connectivity index (χ4v) is 2.60. The van der Waals surface area contributed by atoms with Crippen molar-refractivity contribution in [3.63, 3.8) is 0 Å². The van der Waals surface area contributed by atoms with Crippen LogP contribution < -0.4 is 10.6 Å². The smallest absolute Gasteiger partial charge is 0.191 e. The molecule has 0 aliphatic carbocycles. The lowest BCUT2D eigenvalue weighted by atomic mass is 10.3. The van der Waals surface area contributed by atoms with E-state index in [4.69, 9.17) is 0 Å². The van der Waals surface area contributed by atoms with Crippen LogP contribution in [0.2, 0.25) is 0 Å². The van der Waals surface area contributed by atoms with Crippen molar-refractivity contribution in [2.75, 3.05) is 13.1 Å². The molecule has 0 fully saturated rings. The van der Waals surface area contributed by atoms with E-state index in [1.807, 2.05) is 37.0 Å². The molecule has 0 saturated carbocycles. The third kappa shape index (κ3) is 5.16. The Morgan fingerprint density at radius 1 is 1.15 bits per heavy atom. The number of halogens is 1. The minimum absolute atomic E-state index is 0.253. The SMILES string of the molecule is CCNC(=NCc1ccnn1C)NCCc1ccn(-c2ccc(F)cc2)n1. The zero-order valence-corrected chi connectivity index (χ0v) is 15.6. The second-order valence-electron chi connectivity index (χ2n) is 6.05. The van der Waals surface area contributed by atoms with Crippen LogP contribution in [-0.4, -0.2) is 38.6 Å². The van der Waals surface area contributed by atoms with Crippen LogP contribution in [0.5, 0.6) is 0 Å². The Labute approximate surface area is 157 Å². The van der Waals surface area contributed by atoms with E-state index < -0.39 is 0 Å². The third-order valence-electron chi connectivity index (χ3n) is 4.07. The minimum atomic E-state index is -0.253. The number of aliphatic imine (C=N–C) groups is 1. The molecule has 142 valence electrons. The minimum Gasteiger partial charge on any atom is -0.357 e. The van der Waals surface area contributed by atoms with E-state index in [2.05, 4.69) is 25.8 Å². The Balaban J connectivity index is 1.54. The summed E-state index contributed by atoms with van der Waals surface area (Å²) in [4.78, 5) is 4.58. The second-order valence-corrected chi connectivity index (χ2v) is 6.05. The predicted molar refractivity (Wildman–Crippen MR) is 103 cm³/mol. The number of rotatable bonds is 7. The van der Waals surface area contributed by atoms with Gasteiger partial charge in [-0.25, -0.2) is 14.1 Å². The predicted octanol–water partition coefficient (Wildman–Crippen LogP) is 2.04. The zero-order chi connectivity index (χ0) is 19.1. The standard InChI is InChI=1S/C19H24FN7/c1-3-21-19(23-14-18-9-12-24-26(18)2)22-11-8-16-10-13-27(25-16)17-6-4-15(20)5-7-17/h4-7,9-10,12-13H,3,8,11,14H2,1-2H3,(H2,21,22,23). The van der Waals surface area contributed by atoms with Crippen LogP contribution in [0.25, 0.3) is 5.69 Å². The third-order valence-corrected chi connectivity index (χ3v) is 4.07. The molecule has 0 atom stereocenters. The lowest BCUT2D eigenvalue weighted by molar-refractivity contribution is 0.627. The van der Waals surface area contributed by atoms with Crippen LogP contribution in [-0.2, 0) is 20.0 Å². The molecule has 1 aromatic carbocycles. The van der Waals surface area contributed by atoms with Gasteiger partial charge in [-0.2, -0.15) is 10.2 Å². The number of guanidine groups is 1. The van der Waals surface area contributed by atoms with Gasteiger partial charge in [-0.3, -0.25) is 4.68 Å². The van der Waals surface area contributed by atoms with E-state index in [9.17, 15) is 4.39 Å². The molecule has 0 aliphatic heterocycles. The molecule has 7 nitrogen and oxygen atoms in total. The van der Waals surface area contributed by atoms with Crippen molar-refractivity contribution < 1.29 is 4.39 Å². The van der Waals surface area contributed by atoms with Crippen LogP contribution in [0, 0.1) is 5.82 Å². The number of benzene rings is 1. The molecular formula is C19H24FN7. The van der Waals surface area contributed by atoms with Crippen molar-refractivity contribution >= 4 is 5.96 Å². The van der Waals surface area contributed by atoms with Gasteiger partial charge in [-0.05, 0) is 43.3 Å². The van der Waals surface area contributed by atoms with Gasteiger partial charge >= 0.3 is 0 Å². The van der Waals surface area contributed by atoms with Crippen molar-refractivity contribution in [3.05, 3.63) is 66.0 Å². The van der Waals surface area contributed by atoms with Gasteiger partial charge in [-0.15, -0.1) is 0 Å².